The summed E-state index contributed by atoms with van der Waals surface area (Å²) in [5.41, 5.74) is 0.848. The van der Waals surface area contributed by atoms with E-state index in [1.807, 2.05) is 31.2 Å². The van der Waals surface area contributed by atoms with Crippen molar-refractivity contribution in [2.24, 2.45) is 0 Å². The van der Waals surface area contributed by atoms with Gasteiger partial charge in [-0.05, 0) is 25.1 Å². The minimum Gasteiger partial charge on any atom is -0.490 e. The third-order valence-electron chi connectivity index (χ3n) is 2.75. The lowest BCUT2D eigenvalue weighted by Crippen LogP contribution is -2.10. The summed E-state index contributed by atoms with van der Waals surface area (Å²) in [6, 6.07) is 10.5. The minimum absolute atomic E-state index is 0.0815. The Morgan fingerprint density at radius 2 is 1.76 bits per heavy atom. The van der Waals surface area contributed by atoms with E-state index in [0.29, 0.717) is 5.75 Å². The fourth-order valence-corrected chi connectivity index (χ4v) is 1.70. The van der Waals surface area contributed by atoms with Crippen LogP contribution in [0.25, 0.3) is 0 Å². The molecule has 0 bridgehead atoms. The largest absolute Gasteiger partial charge is 0.490 e. The third kappa shape index (κ3) is 4.17. The number of benzene rings is 2. The van der Waals surface area contributed by atoms with Crippen molar-refractivity contribution >= 4 is 5.69 Å². The molecule has 2 rings (SSSR count). The quantitative estimate of drug-likeness (QED) is 0.464. The van der Waals surface area contributed by atoms with Crippen molar-refractivity contribution in [3.63, 3.8) is 0 Å². The van der Waals surface area contributed by atoms with E-state index in [0.717, 1.165) is 23.8 Å². The number of hydrogen-bond donors (Lipinski definition) is 0. The lowest BCUT2D eigenvalue weighted by molar-refractivity contribution is -0.385. The van der Waals surface area contributed by atoms with Crippen molar-refractivity contribution in [2.75, 3.05) is 13.2 Å². The predicted molar refractivity (Wildman–Crippen MR) is 75.2 cm³/mol. The molecular weight excluding hydrogens is 277 g/mol. The summed E-state index contributed by atoms with van der Waals surface area (Å²) in [6.45, 7) is 2.25. The summed E-state index contributed by atoms with van der Waals surface area (Å²) in [4.78, 5) is 10.2. The molecule has 5 nitrogen and oxygen atoms in total. The fraction of sp³-hybridized carbons (Fsp3) is 0.200. The van der Waals surface area contributed by atoms with Gasteiger partial charge in [-0.15, -0.1) is 0 Å². The van der Waals surface area contributed by atoms with E-state index in [4.69, 9.17) is 9.47 Å². The molecule has 0 fully saturated rings. The molecule has 0 unspecified atom stereocenters. The number of nitro benzene ring substituents is 1. The van der Waals surface area contributed by atoms with Crippen molar-refractivity contribution in [1.82, 2.24) is 0 Å². The molecule has 0 aliphatic rings. The second-order valence-electron chi connectivity index (χ2n) is 4.38. The van der Waals surface area contributed by atoms with Gasteiger partial charge in [-0.1, -0.05) is 17.7 Å². The molecule has 0 aromatic heterocycles. The number of aryl methyl sites for hydroxylation is 1. The summed E-state index contributed by atoms with van der Waals surface area (Å²) in [7, 11) is 0. The van der Waals surface area contributed by atoms with Crippen LogP contribution in [0.15, 0.2) is 42.5 Å². The van der Waals surface area contributed by atoms with Gasteiger partial charge in [0.05, 0.1) is 4.92 Å². The van der Waals surface area contributed by atoms with Crippen LogP contribution in [0.5, 0.6) is 11.5 Å². The Hall–Kier alpha value is -2.63. The summed E-state index contributed by atoms with van der Waals surface area (Å²) in [5, 5.41) is 10.8. The van der Waals surface area contributed by atoms with E-state index < -0.39 is 10.7 Å². The number of hydrogen-bond acceptors (Lipinski definition) is 4. The average molecular weight is 291 g/mol. The predicted octanol–water partition coefficient (Wildman–Crippen LogP) is 3.50. The number of rotatable bonds is 6. The number of nitrogens with zero attached hydrogens (tertiary/aromatic N) is 1. The van der Waals surface area contributed by atoms with Crippen LogP contribution in [0.1, 0.15) is 5.56 Å². The van der Waals surface area contributed by atoms with Gasteiger partial charge in [0.25, 0.3) is 0 Å². The Labute approximate surface area is 121 Å². The fourth-order valence-electron chi connectivity index (χ4n) is 1.70. The molecule has 0 spiro atoms. The highest BCUT2D eigenvalue weighted by atomic mass is 19.1. The van der Waals surface area contributed by atoms with Crippen LogP contribution >= 0.6 is 0 Å². The SMILES string of the molecule is Cc1ccc(OCCOc2cc(F)ccc2[N+](=O)[O-])cc1. The smallest absolute Gasteiger partial charge is 0.311 e. The first-order valence-corrected chi connectivity index (χ1v) is 6.32. The minimum atomic E-state index is -0.615. The highest BCUT2D eigenvalue weighted by Crippen LogP contribution is 2.27. The molecule has 21 heavy (non-hydrogen) atoms. The summed E-state index contributed by atoms with van der Waals surface area (Å²) in [5.74, 6) is -0.0134. The van der Waals surface area contributed by atoms with Crippen LogP contribution in [0, 0.1) is 22.9 Å². The highest BCUT2D eigenvalue weighted by Gasteiger charge is 2.15. The zero-order valence-corrected chi connectivity index (χ0v) is 11.4. The molecule has 110 valence electrons. The zero-order chi connectivity index (χ0) is 15.2. The van der Waals surface area contributed by atoms with Crippen molar-refractivity contribution < 1.29 is 18.8 Å². The maximum Gasteiger partial charge on any atom is 0.311 e. The number of nitro groups is 1. The van der Waals surface area contributed by atoms with Gasteiger partial charge in [-0.25, -0.2) is 4.39 Å². The van der Waals surface area contributed by atoms with Crippen LogP contribution in [0.4, 0.5) is 10.1 Å². The molecule has 6 heteroatoms. The monoisotopic (exact) mass is 291 g/mol. The van der Waals surface area contributed by atoms with Gasteiger partial charge in [0.15, 0.2) is 5.75 Å². The van der Waals surface area contributed by atoms with Gasteiger partial charge in [0.1, 0.15) is 24.8 Å². The second kappa shape index (κ2) is 6.69. The van der Waals surface area contributed by atoms with Crippen LogP contribution in [0.3, 0.4) is 0 Å². The van der Waals surface area contributed by atoms with E-state index in [1.54, 1.807) is 0 Å². The Morgan fingerprint density at radius 3 is 2.43 bits per heavy atom. The second-order valence-corrected chi connectivity index (χ2v) is 4.38. The summed E-state index contributed by atoms with van der Waals surface area (Å²) >= 11 is 0. The summed E-state index contributed by atoms with van der Waals surface area (Å²) in [6.07, 6.45) is 0. The first kappa shape index (κ1) is 14.8. The first-order valence-electron chi connectivity index (χ1n) is 6.32. The lowest BCUT2D eigenvalue weighted by atomic mass is 10.2. The Bertz CT molecular complexity index is 628. The van der Waals surface area contributed by atoms with Gasteiger partial charge >= 0.3 is 5.69 Å². The molecule has 0 aliphatic carbocycles. The van der Waals surface area contributed by atoms with Crippen molar-refractivity contribution in [2.45, 2.75) is 6.92 Å². The van der Waals surface area contributed by atoms with Gasteiger partial charge in [-0.3, -0.25) is 10.1 Å². The van der Waals surface area contributed by atoms with Gasteiger partial charge < -0.3 is 9.47 Å². The van der Waals surface area contributed by atoms with Crippen LogP contribution in [-0.4, -0.2) is 18.1 Å². The molecule has 2 aromatic carbocycles. The molecular formula is C15H14FNO4. The molecule has 0 radical (unpaired) electrons. The Morgan fingerprint density at radius 1 is 1.10 bits per heavy atom. The number of ether oxygens (including phenoxy) is 2. The highest BCUT2D eigenvalue weighted by molar-refractivity contribution is 5.46. The van der Waals surface area contributed by atoms with Gasteiger partial charge in [0, 0.05) is 12.1 Å². The first-order chi connectivity index (χ1) is 10.1. The molecule has 0 saturated carbocycles. The van der Waals surface area contributed by atoms with Crippen molar-refractivity contribution in [3.8, 4) is 11.5 Å². The zero-order valence-electron chi connectivity index (χ0n) is 11.4. The molecule has 0 aliphatic heterocycles. The van der Waals surface area contributed by atoms with Gasteiger partial charge in [0.2, 0.25) is 0 Å². The lowest BCUT2D eigenvalue weighted by Gasteiger charge is -2.09. The molecule has 0 N–H and O–H groups in total. The van der Waals surface area contributed by atoms with Crippen LogP contribution in [0.2, 0.25) is 0 Å². The maximum absolute atomic E-state index is 13.1. The van der Waals surface area contributed by atoms with Crippen LogP contribution < -0.4 is 9.47 Å². The Kier molecular flexibility index (Phi) is 4.71. The van der Waals surface area contributed by atoms with E-state index in [-0.39, 0.29) is 24.7 Å². The van der Waals surface area contributed by atoms with E-state index in [1.165, 1.54) is 0 Å². The average Bonchev–Trinajstić information content (AvgIpc) is 2.45. The molecule has 0 atom stereocenters. The molecule has 0 heterocycles. The number of halogens is 1. The third-order valence-corrected chi connectivity index (χ3v) is 2.75. The normalized spacial score (nSPS) is 10.2. The van der Waals surface area contributed by atoms with E-state index >= 15 is 0 Å². The maximum atomic E-state index is 13.1. The molecule has 2 aromatic rings. The van der Waals surface area contributed by atoms with E-state index in [2.05, 4.69) is 0 Å². The van der Waals surface area contributed by atoms with Gasteiger partial charge in [-0.2, -0.15) is 0 Å². The summed E-state index contributed by atoms with van der Waals surface area (Å²) < 4.78 is 23.7. The molecule has 0 saturated heterocycles. The topological polar surface area (TPSA) is 61.6 Å². The van der Waals surface area contributed by atoms with E-state index in [9.17, 15) is 14.5 Å². The van der Waals surface area contributed by atoms with Crippen molar-refractivity contribution in [1.29, 1.82) is 0 Å². The molecule has 0 amide bonds. The van der Waals surface area contributed by atoms with Crippen molar-refractivity contribution in [3.05, 3.63) is 64.0 Å². The Balaban J connectivity index is 1.90. The van der Waals surface area contributed by atoms with Crippen LogP contribution in [-0.2, 0) is 0 Å². The standard InChI is InChI=1S/C15H14FNO4/c1-11-2-5-13(6-3-11)20-8-9-21-15-10-12(16)4-7-14(15)17(18)19/h2-7,10H,8-9H2,1H3.